The molecule has 0 radical (unpaired) electrons. The number of rotatable bonds is 7. The van der Waals surface area contributed by atoms with Gasteiger partial charge in [-0.25, -0.2) is 0 Å². The van der Waals surface area contributed by atoms with Gasteiger partial charge >= 0.3 is 6.18 Å². The van der Waals surface area contributed by atoms with Crippen LogP contribution in [-0.2, 0) is 19.1 Å². The molecule has 0 N–H and O–H groups in total. The second-order valence-electron chi connectivity index (χ2n) is 9.55. The van der Waals surface area contributed by atoms with Gasteiger partial charge in [-0.2, -0.15) is 13.2 Å². The van der Waals surface area contributed by atoms with Crippen molar-refractivity contribution in [1.29, 1.82) is 0 Å². The Hall–Kier alpha value is -2.25. The van der Waals surface area contributed by atoms with E-state index in [9.17, 15) is 13.2 Å². The Labute approximate surface area is 204 Å². The standard InChI is InChI=1S/C27H31F3N2OS/c1-4-12-26(2,3)33-24-10-7-21-16-32(13-11-20(21)14-24)17-25-31-15-22(18-34-25)19-5-8-23(9-6-19)27(28,29)30/h5-10,14,18H,4,11-13,15-17H2,1-3H3. The van der Waals surface area contributed by atoms with Crippen LogP contribution in [0, 0.1) is 0 Å². The van der Waals surface area contributed by atoms with Crippen molar-refractivity contribution in [3.05, 3.63) is 70.1 Å². The number of aliphatic imine (C=N–C) groups is 1. The molecule has 0 aromatic heterocycles. The normalized spacial score (nSPS) is 17.1. The molecule has 0 amide bonds. The van der Waals surface area contributed by atoms with Gasteiger partial charge in [-0.15, -0.1) is 0 Å². The van der Waals surface area contributed by atoms with E-state index in [1.807, 2.05) is 5.41 Å². The molecule has 7 heteroatoms. The van der Waals surface area contributed by atoms with Crippen molar-refractivity contribution < 1.29 is 17.9 Å². The van der Waals surface area contributed by atoms with Crippen molar-refractivity contribution in [1.82, 2.24) is 4.90 Å². The zero-order valence-electron chi connectivity index (χ0n) is 19.9. The fourth-order valence-corrected chi connectivity index (χ4v) is 5.34. The third-order valence-electron chi connectivity index (χ3n) is 6.22. The van der Waals surface area contributed by atoms with Gasteiger partial charge in [0.1, 0.15) is 11.4 Å². The summed E-state index contributed by atoms with van der Waals surface area (Å²) in [7, 11) is 0. The molecule has 2 heterocycles. The number of hydrogen-bond donors (Lipinski definition) is 0. The minimum Gasteiger partial charge on any atom is -0.488 e. The summed E-state index contributed by atoms with van der Waals surface area (Å²) < 4.78 is 44.6. The van der Waals surface area contributed by atoms with Gasteiger partial charge in [0, 0.05) is 19.6 Å². The lowest BCUT2D eigenvalue weighted by Crippen LogP contribution is -2.34. The molecule has 2 aromatic carbocycles. The van der Waals surface area contributed by atoms with Gasteiger partial charge in [-0.3, -0.25) is 9.89 Å². The predicted molar refractivity (Wildman–Crippen MR) is 134 cm³/mol. The number of benzene rings is 2. The van der Waals surface area contributed by atoms with E-state index in [4.69, 9.17) is 9.73 Å². The second kappa shape index (κ2) is 10.2. The van der Waals surface area contributed by atoms with E-state index in [1.165, 1.54) is 23.3 Å². The Morgan fingerprint density at radius 1 is 1.06 bits per heavy atom. The van der Waals surface area contributed by atoms with Crippen molar-refractivity contribution >= 4 is 22.4 Å². The van der Waals surface area contributed by atoms with Gasteiger partial charge in [0.25, 0.3) is 0 Å². The molecule has 0 spiro atoms. The van der Waals surface area contributed by atoms with Crippen LogP contribution in [0.4, 0.5) is 13.2 Å². The summed E-state index contributed by atoms with van der Waals surface area (Å²) in [5, 5.41) is 3.06. The molecule has 0 saturated carbocycles. The van der Waals surface area contributed by atoms with Gasteiger partial charge in [0.2, 0.25) is 0 Å². The van der Waals surface area contributed by atoms with Gasteiger partial charge in [0.05, 0.1) is 17.2 Å². The Bertz CT molecular complexity index is 1070. The third kappa shape index (κ3) is 6.25. The average Bonchev–Trinajstić information content (AvgIpc) is 2.79. The summed E-state index contributed by atoms with van der Waals surface area (Å²) in [6, 6.07) is 11.8. The third-order valence-corrected chi connectivity index (χ3v) is 7.15. The molecule has 0 fully saturated rings. The summed E-state index contributed by atoms with van der Waals surface area (Å²) >= 11 is 1.57. The first-order chi connectivity index (χ1) is 16.1. The molecule has 0 atom stereocenters. The molecule has 2 aliphatic rings. The Morgan fingerprint density at radius 3 is 2.47 bits per heavy atom. The molecule has 4 rings (SSSR count). The van der Waals surface area contributed by atoms with Crippen LogP contribution in [0.3, 0.4) is 0 Å². The van der Waals surface area contributed by atoms with E-state index in [1.54, 1.807) is 11.8 Å². The average molecular weight is 489 g/mol. The molecule has 0 aliphatic carbocycles. The van der Waals surface area contributed by atoms with Gasteiger partial charge in [-0.1, -0.05) is 43.3 Å². The zero-order chi connectivity index (χ0) is 24.3. The summed E-state index contributed by atoms with van der Waals surface area (Å²) in [6.45, 7) is 9.56. The van der Waals surface area contributed by atoms with Gasteiger partial charge in [0.15, 0.2) is 0 Å². The molecule has 2 aliphatic heterocycles. The fraction of sp³-hybridized carbons (Fsp3) is 0.444. The van der Waals surface area contributed by atoms with Crippen molar-refractivity contribution in [3.8, 4) is 5.75 Å². The van der Waals surface area contributed by atoms with Crippen molar-refractivity contribution in [2.24, 2.45) is 4.99 Å². The fourth-order valence-electron chi connectivity index (χ4n) is 4.46. The highest BCUT2D eigenvalue weighted by Gasteiger charge is 2.30. The van der Waals surface area contributed by atoms with Crippen LogP contribution in [0.2, 0.25) is 0 Å². The largest absolute Gasteiger partial charge is 0.488 e. The van der Waals surface area contributed by atoms with Crippen molar-refractivity contribution in [2.45, 2.75) is 58.4 Å². The quantitative estimate of drug-likeness (QED) is 0.412. The van der Waals surface area contributed by atoms with E-state index in [2.05, 4.69) is 43.9 Å². The SMILES string of the molecule is CCCC(C)(C)Oc1ccc2c(c1)CCN(CC1=NCC(c3ccc(C(F)(F)F)cc3)=CS1)C2. The molecule has 0 bridgehead atoms. The molecular weight excluding hydrogens is 457 g/mol. The van der Waals surface area contributed by atoms with E-state index in [0.717, 1.165) is 73.0 Å². The van der Waals surface area contributed by atoms with Crippen LogP contribution >= 0.6 is 11.8 Å². The molecule has 0 unspecified atom stereocenters. The monoisotopic (exact) mass is 488 g/mol. The molecule has 3 nitrogen and oxygen atoms in total. The van der Waals surface area contributed by atoms with E-state index in [-0.39, 0.29) is 5.60 Å². The van der Waals surface area contributed by atoms with Crippen LogP contribution < -0.4 is 4.74 Å². The lowest BCUT2D eigenvalue weighted by atomic mass is 9.99. The first-order valence-electron chi connectivity index (χ1n) is 11.7. The summed E-state index contributed by atoms with van der Waals surface area (Å²) in [4.78, 5) is 7.10. The number of alkyl halides is 3. The summed E-state index contributed by atoms with van der Waals surface area (Å²) in [5.41, 5.74) is 3.63. The Morgan fingerprint density at radius 2 is 1.82 bits per heavy atom. The number of hydrogen-bond acceptors (Lipinski definition) is 4. The topological polar surface area (TPSA) is 24.8 Å². The molecule has 34 heavy (non-hydrogen) atoms. The van der Waals surface area contributed by atoms with Crippen LogP contribution in [0.5, 0.6) is 5.75 Å². The number of nitrogens with zero attached hydrogens (tertiary/aromatic N) is 2. The van der Waals surface area contributed by atoms with Crippen molar-refractivity contribution in [3.63, 3.8) is 0 Å². The number of thioether (sulfide) groups is 1. The van der Waals surface area contributed by atoms with Crippen LogP contribution in [0.15, 0.2) is 52.9 Å². The minimum atomic E-state index is -4.31. The summed E-state index contributed by atoms with van der Waals surface area (Å²) in [6.07, 6.45) is -1.22. The minimum absolute atomic E-state index is 0.160. The Balaban J connectivity index is 1.32. The van der Waals surface area contributed by atoms with E-state index in [0.29, 0.717) is 6.54 Å². The highest BCUT2D eigenvalue weighted by molar-refractivity contribution is 8.16. The Kier molecular flexibility index (Phi) is 7.43. The number of ether oxygens (including phenoxy) is 1. The maximum Gasteiger partial charge on any atom is 0.416 e. The molecule has 182 valence electrons. The smallest absolute Gasteiger partial charge is 0.416 e. The van der Waals surface area contributed by atoms with E-state index >= 15 is 0 Å². The second-order valence-corrected chi connectivity index (χ2v) is 10.5. The van der Waals surface area contributed by atoms with Crippen molar-refractivity contribution in [2.75, 3.05) is 19.6 Å². The van der Waals surface area contributed by atoms with Crippen LogP contribution in [-0.4, -0.2) is 35.2 Å². The van der Waals surface area contributed by atoms with Gasteiger partial charge in [-0.05, 0) is 78.6 Å². The number of halogens is 3. The maximum atomic E-state index is 12.8. The first kappa shape index (κ1) is 24.9. The molecule has 2 aromatic rings. The lowest BCUT2D eigenvalue weighted by molar-refractivity contribution is -0.137. The zero-order valence-corrected chi connectivity index (χ0v) is 20.7. The highest BCUT2D eigenvalue weighted by atomic mass is 32.2. The summed E-state index contributed by atoms with van der Waals surface area (Å²) in [5.74, 6) is 0.943. The van der Waals surface area contributed by atoms with E-state index < -0.39 is 11.7 Å². The van der Waals surface area contributed by atoms with Crippen LogP contribution in [0.25, 0.3) is 5.57 Å². The maximum absolute atomic E-state index is 12.8. The highest BCUT2D eigenvalue weighted by Crippen LogP contribution is 2.32. The lowest BCUT2D eigenvalue weighted by Gasteiger charge is -2.31. The molecule has 0 saturated heterocycles. The first-order valence-corrected chi connectivity index (χ1v) is 12.6. The van der Waals surface area contributed by atoms with Gasteiger partial charge < -0.3 is 4.74 Å². The van der Waals surface area contributed by atoms with Crippen LogP contribution in [0.1, 0.15) is 55.9 Å². The number of fused-ring (bicyclic) bond motifs is 1. The predicted octanol–water partition coefficient (Wildman–Crippen LogP) is 7.21. The molecular formula is C27H31F3N2OS.